The summed E-state index contributed by atoms with van der Waals surface area (Å²) in [6.45, 7) is 4.48. The first-order valence-corrected chi connectivity index (χ1v) is 7.23. The number of fused-ring (bicyclic) bond motifs is 5. The fourth-order valence-corrected chi connectivity index (χ4v) is 3.90. The van der Waals surface area contributed by atoms with Crippen LogP contribution in [0, 0.1) is 5.92 Å². The molecule has 1 heterocycles. The van der Waals surface area contributed by atoms with Crippen molar-refractivity contribution in [2.24, 2.45) is 5.92 Å². The average molecular weight is 276 g/mol. The molecule has 0 N–H and O–H groups in total. The second-order valence-corrected chi connectivity index (χ2v) is 5.68. The number of carbonyl (C=O) groups excluding carboxylic acids is 1. The largest absolute Gasteiger partial charge is 0.365 e. The van der Waals surface area contributed by atoms with E-state index < -0.39 is 11.5 Å². The minimum Gasteiger partial charge on any atom is -0.365 e. The summed E-state index contributed by atoms with van der Waals surface area (Å²) >= 11 is 0. The van der Waals surface area contributed by atoms with Crippen molar-refractivity contribution in [1.82, 2.24) is 0 Å². The van der Waals surface area contributed by atoms with Crippen LogP contribution >= 0.6 is 0 Å². The van der Waals surface area contributed by atoms with Crippen LogP contribution in [0.1, 0.15) is 22.8 Å². The topological polar surface area (TPSA) is 26.3 Å². The van der Waals surface area contributed by atoms with Gasteiger partial charge >= 0.3 is 0 Å². The summed E-state index contributed by atoms with van der Waals surface area (Å²) < 4.78 is 5.84. The van der Waals surface area contributed by atoms with Gasteiger partial charge in [0, 0.05) is 5.92 Å². The molecule has 0 spiro atoms. The molecule has 2 bridgehead atoms. The third kappa shape index (κ3) is 1.43. The summed E-state index contributed by atoms with van der Waals surface area (Å²) in [6, 6.07) is 18.1. The summed E-state index contributed by atoms with van der Waals surface area (Å²) in [5, 5.41) is 0. The highest BCUT2D eigenvalue weighted by molar-refractivity contribution is 6.03. The molecule has 0 amide bonds. The van der Waals surface area contributed by atoms with Gasteiger partial charge in [-0.25, -0.2) is 0 Å². The van der Waals surface area contributed by atoms with E-state index in [1.165, 1.54) is 0 Å². The van der Waals surface area contributed by atoms with E-state index in [1.807, 2.05) is 54.6 Å². The van der Waals surface area contributed by atoms with E-state index in [9.17, 15) is 4.79 Å². The predicted octanol–water partition coefficient (Wildman–Crippen LogP) is 3.43. The molecule has 2 aromatic carbocycles. The molecule has 3 unspecified atom stereocenters. The molecule has 2 heteroatoms. The van der Waals surface area contributed by atoms with Gasteiger partial charge < -0.3 is 4.74 Å². The number of hydrogen-bond acceptors (Lipinski definition) is 2. The van der Waals surface area contributed by atoms with Gasteiger partial charge in [-0.15, -0.1) is 6.58 Å². The van der Waals surface area contributed by atoms with Crippen LogP contribution in [0.5, 0.6) is 0 Å². The molecule has 2 aromatic rings. The Morgan fingerprint density at radius 1 is 1.10 bits per heavy atom. The monoisotopic (exact) mass is 276 g/mol. The van der Waals surface area contributed by atoms with Crippen molar-refractivity contribution in [3.05, 3.63) is 83.9 Å². The fourth-order valence-electron chi connectivity index (χ4n) is 3.90. The molecule has 21 heavy (non-hydrogen) atoms. The van der Waals surface area contributed by atoms with Crippen LogP contribution in [0.4, 0.5) is 0 Å². The summed E-state index contributed by atoms with van der Waals surface area (Å²) in [7, 11) is 0. The molecule has 3 atom stereocenters. The van der Waals surface area contributed by atoms with Gasteiger partial charge in [0.15, 0.2) is 5.78 Å². The number of hydrogen-bond donors (Lipinski definition) is 0. The Morgan fingerprint density at radius 2 is 1.81 bits per heavy atom. The van der Waals surface area contributed by atoms with Crippen LogP contribution in [0.15, 0.2) is 67.3 Å². The average Bonchev–Trinajstić information content (AvgIpc) is 2.70. The highest BCUT2D eigenvalue weighted by atomic mass is 16.5. The van der Waals surface area contributed by atoms with Crippen molar-refractivity contribution in [3.63, 3.8) is 0 Å². The van der Waals surface area contributed by atoms with Crippen LogP contribution in [0.2, 0.25) is 0 Å². The Labute approximate surface area is 124 Å². The second-order valence-electron chi connectivity index (χ2n) is 5.68. The Morgan fingerprint density at radius 3 is 2.57 bits per heavy atom. The van der Waals surface area contributed by atoms with Gasteiger partial charge in [0.1, 0.15) is 6.10 Å². The van der Waals surface area contributed by atoms with Crippen LogP contribution in [0.25, 0.3) is 0 Å². The Hall–Kier alpha value is -2.19. The van der Waals surface area contributed by atoms with Crippen LogP contribution in [-0.2, 0) is 14.9 Å². The molecule has 1 fully saturated rings. The number of carbonyl (C=O) groups is 1. The van der Waals surface area contributed by atoms with Crippen molar-refractivity contribution in [3.8, 4) is 0 Å². The Bertz CT molecular complexity index is 719. The van der Waals surface area contributed by atoms with Crippen molar-refractivity contribution < 1.29 is 9.53 Å². The maximum Gasteiger partial charge on any atom is 0.181 e. The number of rotatable bonds is 2. The minimum absolute atomic E-state index is 0.0349. The highest BCUT2D eigenvalue weighted by Gasteiger charge is 2.59. The summed E-state index contributed by atoms with van der Waals surface area (Å²) in [6.07, 6.45) is 1.43. The van der Waals surface area contributed by atoms with Gasteiger partial charge in [-0.05, 0) is 16.7 Å². The number of ether oxygens (including phenoxy) is 1. The molecule has 0 aromatic heterocycles. The highest BCUT2D eigenvalue weighted by Crippen LogP contribution is 2.55. The first-order chi connectivity index (χ1) is 10.3. The third-order valence-electron chi connectivity index (χ3n) is 4.81. The predicted molar refractivity (Wildman–Crippen MR) is 81.1 cm³/mol. The SMILES string of the molecule is C=CC1COC2C(=O)C1(c1ccccc1)c1ccccc12. The van der Waals surface area contributed by atoms with Crippen molar-refractivity contribution >= 4 is 5.78 Å². The van der Waals surface area contributed by atoms with Crippen molar-refractivity contribution in [1.29, 1.82) is 0 Å². The van der Waals surface area contributed by atoms with E-state index in [1.54, 1.807) is 0 Å². The molecular weight excluding hydrogens is 260 g/mol. The lowest BCUT2D eigenvalue weighted by Crippen LogP contribution is -2.47. The van der Waals surface area contributed by atoms with E-state index in [4.69, 9.17) is 4.74 Å². The van der Waals surface area contributed by atoms with Crippen LogP contribution in [-0.4, -0.2) is 12.4 Å². The fraction of sp³-hybridized carbons (Fsp3) is 0.211. The number of benzene rings is 2. The van der Waals surface area contributed by atoms with E-state index in [0.717, 1.165) is 16.7 Å². The zero-order valence-corrected chi connectivity index (χ0v) is 11.7. The summed E-state index contributed by atoms with van der Waals surface area (Å²) in [5.74, 6) is 0.110. The lowest BCUT2D eigenvalue weighted by atomic mass is 9.65. The van der Waals surface area contributed by atoms with Crippen LogP contribution < -0.4 is 0 Å². The maximum atomic E-state index is 13.2. The molecule has 2 aliphatic rings. The standard InChI is InChI=1S/C19H16O2/c1-2-13-12-21-17-15-10-6-7-11-16(15)19(13,18(17)20)14-8-4-3-5-9-14/h2-11,13,17H,1,12H2. The normalized spacial score (nSPS) is 30.0. The lowest BCUT2D eigenvalue weighted by Gasteiger charge is -2.39. The molecule has 1 saturated heterocycles. The van der Waals surface area contributed by atoms with Gasteiger partial charge in [-0.1, -0.05) is 60.7 Å². The molecule has 104 valence electrons. The van der Waals surface area contributed by atoms with E-state index in [-0.39, 0.29) is 11.7 Å². The van der Waals surface area contributed by atoms with Gasteiger partial charge in [0.25, 0.3) is 0 Å². The lowest BCUT2D eigenvalue weighted by molar-refractivity contribution is -0.143. The van der Waals surface area contributed by atoms with E-state index in [2.05, 4.69) is 12.6 Å². The van der Waals surface area contributed by atoms with Crippen LogP contribution in [0.3, 0.4) is 0 Å². The Kier molecular flexibility index (Phi) is 2.63. The van der Waals surface area contributed by atoms with Gasteiger partial charge in [-0.3, -0.25) is 4.79 Å². The number of Topliss-reactive ketones (excluding diaryl/α,β-unsaturated/α-hetero) is 1. The summed E-state index contributed by atoms with van der Waals surface area (Å²) in [5.41, 5.74) is 2.49. The summed E-state index contributed by atoms with van der Waals surface area (Å²) in [4.78, 5) is 13.2. The molecule has 2 nitrogen and oxygen atoms in total. The third-order valence-corrected chi connectivity index (χ3v) is 4.81. The smallest absolute Gasteiger partial charge is 0.181 e. The van der Waals surface area contributed by atoms with Gasteiger partial charge in [0.05, 0.1) is 12.0 Å². The zero-order valence-electron chi connectivity index (χ0n) is 11.7. The van der Waals surface area contributed by atoms with E-state index in [0.29, 0.717) is 6.61 Å². The molecule has 0 saturated carbocycles. The number of ketones is 1. The van der Waals surface area contributed by atoms with Crippen molar-refractivity contribution in [2.45, 2.75) is 11.5 Å². The van der Waals surface area contributed by atoms with Gasteiger partial charge in [-0.2, -0.15) is 0 Å². The van der Waals surface area contributed by atoms with E-state index >= 15 is 0 Å². The second kappa shape index (κ2) is 4.40. The van der Waals surface area contributed by atoms with Gasteiger partial charge in [0.2, 0.25) is 0 Å². The molecule has 1 aliphatic carbocycles. The zero-order chi connectivity index (χ0) is 14.4. The first-order valence-electron chi connectivity index (χ1n) is 7.23. The minimum atomic E-state index is -0.636. The molecule has 4 rings (SSSR count). The maximum absolute atomic E-state index is 13.2. The molecule has 0 radical (unpaired) electrons. The first kappa shape index (κ1) is 12.5. The molecule has 1 aliphatic heterocycles. The quantitative estimate of drug-likeness (QED) is 0.786. The Balaban J connectivity index is 2.08. The van der Waals surface area contributed by atoms with Crippen molar-refractivity contribution in [2.75, 3.05) is 6.61 Å². The molecular formula is C19H16O2.